The summed E-state index contributed by atoms with van der Waals surface area (Å²) >= 11 is 5.49. The SMILES string of the molecule is CCCCCCCCc1ccc(C(=S)Oc2ccc(CCCCC)cc2)cc1. The van der Waals surface area contributed by atoms with Crippen LogP contribution in [0.15, 0.2) is 48.5 Å². The number of aryl methyl sites for hydroxylation is 2. The lowest BCUT2D eigenvalue weighted by Crippen LogP contribution is -2.07. The smallest absolute Gasteiger partial charge is 0.198 e. The van der Waals surface area contributed by atoms with Crippen LogP contribution in [-0.4, -0.2) is 5.05 Å². The Morgan fingerprint density at radius 1 is 0.643 bits per heavy atom. The maximum atomic E-state index is 5.89. The molecule has 0 radical (unpaired) electrons. The molecule has 0 aliphatic carbocycles. The van der Waals surface area contributed by atoms with Crippen molar-refractivity contribution in [1.29, 1.82) is 0 Å². The van der Waals surface area contributed by atoms with Gasteiger partial charge < -0.3 is 4.74 Å². The molecular formula is C26H36OS. The first-order chi connectivity index (χ1) is 13.7. The summed E-state index contributed by atoms with van der Waals surface area (Å²) in [6.07, 6.45) is 14.1. The predicted octanol–water partition coefficient (Wildman–Crippen LogP) is 8.08. The molecule has 0 aliphatic heterocycles. The average molecular weight is 397 g/mol. The number of unbranched alkanes of at least 4 members (excludes halogenated alkanes) is 7. The van der Waals surface area contributed by atoms with Gasteiger partial charge in [0.2, 0.25) is 0 Å². The molecule has 0 aliphatic rings. The Hall–Kier alpha value is -1.67. The molecule has 0 atom stereocenters. The second-order valence-corrected chi connectivity index (χ2v) is 8.08. The van der Waals surface area contributed by atoms with Crippen LogP contribution in [0.25, 0.3) is 0 Å². The lowest BCUT2D eigenvalue weighted by atomic mass is 10.0. The normalized spacial score (nSPS) is 10.8. The molecule has 28 heavy (non-hydrogen) atoms. The zero-order valence-corrected chi connectivity index (χ0v) is 18.5. The highest BCUT2D eigenvalue weighted by Gasteiger charge is 2.05. The van der Waals surface area contributed by atoms with E-state index in [0.717, 1.165) is 24.2 Å². The van der Waals surface area contributed by atoms with Crippen LogP contribution in [0.3, 0.4) is 0 Å². The largest absolute Gasteiger partial charge is 0.445 e. The maximum Gasteiger partial charge on any atom is 0.198 e. The van der Waals surface area contributed by atoms with Crippen molar-refractivity contribution >= 4 is 17.3 Å². The van der Waals surface area contributed by atoms with Crippen LogP contribution in [0.2, 0.25) is 0 Å². The molecule has 2 aromatic carbocycles. The third kappa shape index (κ3) is 8.56. The van der Waals surface area contributed by atoms with E-state index in [-0.39, 0.29) is 0 Å². The third-order valence-electron chi connectivity index (χ3n) is 5.21. The summed E-state index contributed by atoms with van der Waals surface area (Å²) in [5.41, 5.74) is 3.73. The van der Waals surface area contributed by atoms with Crippen LogP contribution in [0, 0.1) is 0 Å². The molecule has 0 aromatic heterocycles. The van der Waals surface area contributed by atoms with E-state index in [1.165, 1.54) is 68.9 Å². The number of ether oxygens (including phenoxy) is 1. The standard InChI is InChI=1S/C26H36OS/c1-3-5-7-8-9-11-13-22-14-18-24(19-15-22)26(28)27-25-20-16-23(17-21-25)12-10-6-4-2/h14-21H,3-13H2,1-2H3. The highest BCUT2D eigenvalue weighted by molar-refractivity contribution is 7.80. The predicted molar refractivity (Wildman–Crippen MR) is 126 cm³/mol. The first kappa shape index (κ1) is 22.6. The summed E-state index contributed by atoms with van der Waals surface area (Å²) in [4.78, 5) is 0. The van der Waals surface area contributed by atoms with Crippen molar-refractivity contribution in [1.82, 2.24) is 0 Å². The Labute approximate surface area is 177 Å². The van der Waals surface area contributed by atoms with E-state index >= 15 is 0 Å². The number of thiocarbonyl (C=S) groups is 1. The number of rotatable bonds is 13. The van der Waals surface area contributed by atoms with Crippen molar-refractivity contribution < 1.29 is 4.74 Å². The Kier molecular flexibility index (Phi) is 10.9. The van der Waals surface area contributed by atoms with Gasteiger partial charge in [0.05, 0.1) is 0 Å². The molecule has 0 bridgehead atoms. The Morgan fingerprint density at radius 2 is 1.11 bits per heavy atom. The van der Waals surface area contributed by atoms with Crippen LogP contribution in [0.4, 0.5) is 0 Å². The van der Waals surface area contributed by atoms with Crippen LogP contribution in [0.1, 0.15) is 88.3 Å². The molecule has 152 valence electrons. The quantitative estimate of drug-likeness (QED) is 0.250. The van der Waals surface area contributed by atoms with Crippen LogP contribution in [0.5, 0.6) is 5.75 Å². The van der Waals surface area contributed by atoms with Crippen molar-refractivity contribution in [3.05, 3.63) is 65.2 Å². The highest BCUT2D eigenvalue weighted by atomic mass is 32.1. The van der Waals surface area contributed by atoms with Crippen molar-refractivity contribution in [3.8, 4) is 5.75 Å². The van der Waals surface area contributed by atoms with Gasteiger partial charge in [0.25, 0.3) is 0 Å². The van der Waals surface area contributed by atoms with E-state index in [1.807, 2.05) is 12.1 Å². The molecule has 0 saturated heterocycles. The van der Waals surface area contributed by atoms with Gasteiger partial charge in [0.1, 0.15) is 5.75 Å². The monoisotopic (exact) mass is 396 g/mol. The molecule has 0 spiro atoms. The fourth-order valence-corrected chi connectivity index (χ4v) is 3.62. The zero-order chi connectivity index (χ0) is 20.0. The van der Waals surface area contributed by atoms with Crippen LogP contribution < -0.4 is 4.74 Å². The molecule has 0 saturated carbocycles. The molecule has 2 aromatic rings. The number of benzene rings is 2. The van der Waals surface area contributed by atoms with Crippen molar-refractivity contribution in [3.63, 3.8) is 0 Å². The minimum Gasteiger partial charge on any atom is -0.445 e. The Balaban J connectivity index is 1.76. The summed E-state index contributed by atoms with van der Waals surface area (Å²) < 4.78 is 5.89. The molecule has 0 amide bonds. The third-order valence-corrected chi connectivity index (χ3v) is 5.53. The maximum absolute atomic E-state index is 5.89. The van der Waals surface area contributed by atoms with E-state index in [1.54, 1.807) is 0 Å². The van der Waals surface area contributed by atoms with Gasteiger partial charge >= 0.3 is 0 Å². The van der Waals surface area contributed by atoms with Crippen molar-refractivity contribution in [2.24, 2.45) is 0 Å². The van der Waals surface area contributed by atoms with E-state index < -0.39 is 0 Å². The number of hydrogen-bond acceptors (Lipinski definition) is 2. The summed E-state index contributed by atoms with van der Waals surface area (Å²) in [6, 6.07) is 16.9. The Bertz CT molecular complexity index is 673. The molecule has 2 heteroatoms. The van der Waals surface area contributed by atoms with Gasteiger partial charge in [0.15, 0.2) is 5.05 Å². The number of hydrogen-bond donors (Lipinski definition) is 0. The molecule has 0 fully saturated rings. The zero-order valence-electron chi connectivity index (χ0n) is 17.7. The average Bonchev–Trinajstić information content (AvgIpc) is 2.72. The highest BCUT2D eigenvalue weighted by Crippen LogP contribution is 2.17. The van der Waals surface area contributed by atoms with E-state index in [0.29, 0.717) is 5.05 Å². The first-order valence-corrected chi connectivity index (χ1v) is 11.5. The first-order valence-electron chi connectivity index (χ1n) is 11.1. The van der Waals surface area contributed by atoms with Gasteiger partial charge in [-0.15, -0.1) is 0 Å². The minimum absolute atomic E-state index is 0.546. The van der Waals surface area contributed by atoms with Gasteiger partial charge in [0, 0.05) is 5.56 Å². The van der Waals surface area contributed by atoms with Gasteiger partial charge in [-0.3, -0.25) is 0 Å². The van der Waals surface area contributed by atoms with Gasteiger partial charge in [-0.05, 0) is 61.2 Å². The summed E-state index contributed by atoms with van der Waals surface area (Å²) in [7, 11) is 0. The topological polar surface area (TPSA) is 9.23 Å². The molecule has 0 heterocycles. The molecule has 0 N–H and O–H groups in total. The summed E-state index contributed by atoms with van der Waals surface area (Å²) in [5, 5.41) is 0.546. The van der Waals surface area contributed by atoms with Gasteiger partial charge in [-0.25, -0.2) is 0 Å². The van der Waals surface area contributed by atoms with E-state index in [4.69, 9.17) is 17.0 Å². The van der Waals surface area contributed by atoms with Gasteiger partial charge in [-0.2, -0.15) is 0 Å². The van der Waals surface area contributed by atoms with Crippen molar-refractivity contribution in [2.75, 3.05) is 0 Å². The molecular weight excluding hydrogens is 360 g/mol. The molecule has 1 nitrogen and oxygen atoms in total. The van der Waals surface area contributed by atoms with E-state index in [9.17, 15) is 0 Å². The van der Waals surface area contributed by atoms with Crippen LogP contribution in [-0.2, 0) is 12.8 Å². The summed E-state index contributed by atoms with van der Waals surface area (Å²) in [6.45, 7) is 4.50. The fraction of sp³-hybridized carbons (Fsp3) is 0.500. The second-order valence-electron chi connectivity index (χ2n) is 7.71. The minimum atomic E-state index is 0.546. The molecule has 2 rings (SSSR count). The van der Waals surface area contributed by atoms with Crippen LogP contribution >= 0.6 is 12.2 Å². The molecule has 0 unspecified atom stereocenters. The van der Waals surface area contributed by atoms with Crippen molar-refractivity contribution in [2.45, 2.75) is 84.5 Å². The lowest BCUT2D eigenvalue weighted by Gasteiger charge is -2.09. The van der Waals surface area contributed by atoms with Gasteiger partial charge in [-0.1, -0.05) is 95.2 Å². The Morgan fingerprint density at radius 3 is 1.71 bits per heavy atom. The fourth-order valence-electron chi connectivity index (χ4n) is 3.39. The lowest BCUT2D eigenvalue weighted by molar-refractivity contribution is 0.566. The second kappa shape index (κ2) is 13.5. The van der Waals surface area contributed by atoms with E-state index in [2.05, 4.69) is 50.2 Å². The summed E-state index contributed by atoms with van der Waals surface area (Å²) in [5.74, 6) is 0.820.